The topological polar surface area (TPSA) is 62.3 Å². The third-order valence-corrected chi connectivity index (χ3v) is 3.20. The zero-order chi connectivity index (χ0) is 13.0. The van der Waals surface area contributed by atoms with E-state index in [0.717, 1.165) is 12.8 Å². The van der Waals surface area contributed by atoms with Gasteiger partial charge in [0, 0.05) is 38.4 Å². The molecule has 5 nitrogen and oxygen atoms in total. The van der Waals surface area contributed by atoms with Gasteiger partial charge < -0.3 is 10.2 Å². The van der Waals surface area contributed by atoms with E-state index in [4.69, 9.17) is 0 Å². The standard InChI is InChI=1S/C13H17N3O2/c1-10(17)16-7-4-12(5-8-16)15-13(18)11-3-2-6-14-9-11/h2-3,6,9,12H,4-5,7-8H2,1H3,(H,15,18). The average Bonchev–Trinajstić information content (AvgIpc) is 2.40. The van der Waals surface area contributed by atoms with Gasteiger partial charge in [0.05, 0.1) is 5.56 Å². The summed E-state index contributed by atoms with van der Waals surface area (Å²) in [6, 6.07) is 3.63. The van der Waals surface area contributed by atoms with Crippen molar-refractivity contribution < 1.29 is 9.59 Å². The molecule has 0 aliphatic carbocycles. The van der Waals surface area contributed by atoms with Gasteiger partial charge in [0.15, 0.2) is 0 Å². The summed E-state index contributed by atoms with van der Waals surface area (Å²) in [5.74, 6) is 0.0106. The number of carbonyl (C=O) groups is 2. The van der Waals surface area contributed by atoms with Crippen LogP contribution < -0.4 is 5.32 Å². The molecule has 2 amide bonds. The fraction of sp³-hybridized carbons (Fsp3) is 0.462. The molecule has 1 fully saturated rings. The van der Waals surface area contributed by atoms with E-state index in [1.54, 1.807) is 31.5 Å². The molecule has 0 radical (unpaired) electrons. The van der Waals surface area contributed by atoms with E-state index >= 15 is 0 Å². The number of nitrogens with one attached hydrogen (secondary N) is 1. The first-order valence-corrected chi connectivity index (χ1v) is 6.13. The Balaban J connectivity index is 1.85. The molecular formula is C13H17N3O2. The normalized spacial score (nSPS) is 16.4. The monoisotopic (exact) mass is 247 g/mol. The predicted molar refractivity (Wildman–Crippen MR) is 67.0 cm³/mol. The van der Waals surface area contributed by atoms with Gasteiger partial charge in [-0.3, -0.25) is 14.6 Å². The lowest BCUT2D eigenvalue weighted by Crippen LogP contribution is -2.46. The highest BCUT2D eigenvalue weighted by atomic mass is 16.2. The summed E-state index contributed by atoms with van der Waals surface area (Å²) in [6.45, 7) is 3.01. The number of rotatable bonds is 2. The Kier molecular flexibility index (Phi) is 3.92. The predicted octanol–water partition coefficient (Wildman–Crippen LogP) is 0.822. The maximum Gasteiger partial charge on any atom is 0.253 e. The number of hydrogen-bond donors (Lipinski definition) is 1. The highest BCUT2D eigenvalue weighted by Crippen LogP contribution is 2.11. The number of piperidine rings is 1. The van der Waals surface area contributed by atoms with Crippen LogP contribution in [0.4, 0.5) is 0 Å². The number of nitrogens with zero attached hydrogens (tertiary/aromatic N) is 2. The van der Waals surface area contributed by atoms with Crippen LogP contribution in [0.5, 0.6) is 0 Å². The van der Waals surface area contributed by atoms with Crippen LogP contribution >= 0.6 is 0 Å². The van der Waals surface area contributed by atoms with Crippen molar-refractivity contribution in [3.05, 3.63) is 30.1 Å². The smallest absolute Gasteiger partial charge is 0.253 e. The molecule has 0 spiro atoms. The molecule has 1 aromatic rings. The van der Waals surface area contributed by atoms with E-state index < -0.39 is 0 Å². The number of pyridine rings is 1. The molecule has 0 aromatic carbocycles. The number of aromatic nitrogens is 1. The fourth-order valence-electron chi connectivity index (χ4n) is 2.10. The van der Waals surface area contributed by atoms with Crippen LogP contribution in [0.1, 0.15) is 30.1 Å². The van der Waals surface area contributed by atoms with Crippen molar-refractivity contribution in [3.63, 3.8) is 0 Å². The lowest BCUT2D eigenvalue weighted by molar-refractivity contribution is -0.129. The number of carbonyl (C=O) groups excluding carboxylic acids is 2. The molecule has 0 bridgehead atoms. The van der Waals surface area contributed by atoms with Crippen LogP contribution in [-0.2, 0) is 4.79 Å². The summed E-state index contributed by atoms with van der Waals surface area (Å²) in [7, 11) is 0. The summed E-state index contributed by atoms with van der Waals surface area (Å²) < 4.78 is 0. The second kappa shape index (κ2) is 5.62. The quantitative estimate of drug-likeness (QED) is 0.841. The van der Waals surface area contributed by atoms with E-state index in [-0.39, 0.29) is 17.9 Å². The largest absolute Gasteiger partial charge is 0.349 e. The summed E-state index contributed by atoms with van der Waals surface area (Å²) in [5, 5.41) is 2.98. The van der Waals surface area contributed by atoms with E-state index in [1.807, 2.05) is 4.90 Å². The van der Waals surface area contributed by atoms with Gasteiger partial charge in [0.1, 0.15) is 0 Å². The molecule has 5 heteroatoms. The lowest BCUT2D eigenvalue weighted by atomic mass is 10.0. The van der Waals surface area contributed by atoms with Crippen LogP contribution in [0.15, 0.2) is 24.5 Å². The van der Waals surface area contributed by atoms with E-state index in [2.05, 4.69) is 10.3 Å². The van der Waals surface area contributed by atoms with Crippen molar-refractivity contribution in [1.29, 1.82) is 0 Å². The first-order chi connectivity index (χ1) is 8.66. The molecular weight excluding hydrogens is 230 g/mol. The van der Waals surface area contributed by atoms with Gasteiger partial charge in [0.2, 0.25) is 5.91 Å². The van der Waals surface area contributed by atoms with Crippen molar-refractivity contribution in [2.45, 2.75) is 25.8 Å². The Morgan fingerprint density at radius 1 is 1.39 bits per heavy atom. The molecule has 0 saturated carbocycles. The third kappa shape index (κ3) is 3.06. The van der Waals surface area contributed by atoms with Crippen LogP contribution in [0.3, 0.4) is 0 Å². The van der Waals surface area contributed by atoms with Gasteiger partial charge in [0.25, 0.3) is 5.91 Å². The molecule has 1 aliphatic heterocycles. The van der Waals surface area contributed by atoms with Crippen LogP contribution in [0.25, 0.3) is 0 Å². The minimum absolute atomic E-state index is 0.0932. The third-order valence-electron chi connectivity index (χ3n) is 3.20. The average molecular weight is 247 g/mol. The maximum atomic E-state index is 11.9. The Hall–Kier alpha value is -1.91. The summed E-state index contributed by atoms with van der Waals surface area (Å²) in [4.78, 5) is 28.8. The number of likely N-dealkylation sites (tertiary alicyclic amines) is 1. The minimum atomic E-state index is -0.0932. The second-order valence-electron chi connectivity index (χ2n) is 4.50. The van der Waals surface area contributed by atoms with Gasteiger partial charge in [-0.25, -0.2) is 0 Å². The van der Waals surface area contributed by atoms with E-state index in [1.165, 1.54) is 0 Å². The van der Waals surface area contributed by atoms with Crippen molar-refractivity contribution in [3.8, 4) is 0 Å². The van der Waals surface area contributed by atoms with Gasteiger partial charge in [-0.2, -0.15) is 0 Å². The van der Waals surface area contributed by atoms with Crippen LogP contribution in [-0.4, -0.2) is 40.8 Å². The van der Waals surface area contributed by atoms with Gasteiger partial charge in [-0.15, -0.1) is 0 Å². The highest BCUT2D eigenvalue weighted by molar-refractivity contribution is 5.94. The minimum Gasteiger partial charge on any atom is -0.349 e. The zero-order valence-electron chi connectivity index (χ0n) is 10.4. The number of hydrogen-bond acceptors (Lipinski definition) is 3. The molecule has 2 heterocycles. The van der Waals surface area contributed by atoms with Gasteiger partial charge >= 0.3 is 0 Å². The maximum absolute atomic E-state index is 11.9. The lowest BCUT2D eigenvalue weighted by Gasteiger charge is -2.31. The first-order valence-electron chi connectivity index (χ1n) is 6.13. The second-order valence-corrected chi connectivity index (χ2v) is 4.50. The molecule has 18 heavy (non-hydrogen) atoms. The summed E-state index contributed by atoms with van der Waals surface area (Å²) in [5.41, 5.74) is 0.575. The SMILES string of the molecule is CC(=O)N1CCC(NC(=O)c2cccnc2)CC1. The molecule has 1 N–H and O–H groups in total. The van der Waals surface area contributed by atoms with E-state index in [0.29, 0.717) is 18.7 Å². The van der Waals surface area contributed by atoms with Crippen LogP contribution in [0.2, 0.25) is 0 Å². The van der Waals surface area contributed by atoms with Gasteiger partial charge in [-0.1, -0.05) is 0 Å². The Morgan fingerprint density at radius 2 is 2.11 bits per heavy atom. The first kappa shape index (κ1) is 12.5. The number of amides is 2. The van der Waals surface area contributed by atoms with Crippen molar-refractivity contribution >= 4 is 11.8 Å². The molecule has 2 rings (SSSR count). The van der Waals surface area contributed by atoms with Crippen molar-refractivity contribution in [2.75, 3.05) is 13.1 Å². The fourth-order valence-corrected chi connectivity index (χ4v) is 2.10. The molecule has 1 aliphatic rings. The summed E-state index contributed by atoms with van der Waals surface area (Å²) >= 11 is 0. The zero-order valence-corrected chi connectivity index (χ0v) is 10.4. The highest BCUT2D eigenvalue weighted by Gasteiger charge is 2.22. The molecule has 1 aromatic heterocycles. The van der Waals surface area contributed by atoms with Crippen molar-refractivity contribution in [2.24, 2.45) is 0 Å². The van der Waals surface area contributed by atoms with Crippen molar-refractivity contribution in [1.82, 2.24) is 15.2 Å². The van der Waals surface area contributed by atoms with E-state index in [9.17, 15) is 9.59 Å². The molecule has 96 valence electrons. The summed E-state index contributed by atoms with van der Waals surface area (Å²) in [6.07, 6.45) is 4.82. The van der Waals surface area contributed by atoms with Crippen LogP contribution in [0, 0.1) is 0 Å². The van der Waals surface area contributed by atoms with Gasteiger partial charge in [-0.05, 0) is 25.0 Å². The molecule has 1 saturated heterocycles. The molecule has 0 unspecified atom stereocenters. The Morgan fingerprint density at radius 3 is 2.67 bits per heavy atom. The Bertz CT molecular complexity index is 425. The molecule has 0 atom stereocenters. The Labute approximate surface area is 106 Å².